The summed E-state index contributed by atoms with van der Waals surface area (Å²) in [6, 6.07) is 21.7. The van der Waals surface area contributed by atoms with Gasteiger partial charge in [-0.25, -0.2) is 9.07 Å². The number of carbonyl (C=O) groups is 1. The first-order chi connectivity index (χ1) is 18.1. The van der Waals surface area contributed by atoms with E-state index in [2.05, 4.69) is 59.4 Å². The van der Waals surface area contributed by atoms with Crippen LogP contribution in [0.3, 0.4) is 0 Å². The molecule has 7 rings (SSSR count). The van der Waals surface area contributed by atoms with Gasteiger partial charge in [-0.1, -0.05) is 30.3 Å². The van der Waals surface area contributed by atoms with E-state index in [4.69, 9.17) is 4.74 Å². The predicted octanol–water partition coefficient (Wildman–Crippen LogP) is 5.39. The van der Waals surface area contributed by atoms with Crippen LogP contribution >= 0.6 is 0 Å². The van der Waals surface area contributed by atoms with Gasteiger partial charge in [0.15, 0.2) is 0 Å². The molecular weight excluding hydrogens is 465 g/mol. The van der Waals surface area contributed by atoms with Gasteiger partial charge in [0.1, 0.15) is 5.82 Å². The summed E-state index contributed by atoms with van der Waals surface area (Å²) in [6.45, 7) is 5.10. The largest absolute Gasteiger partial charge is 0.381 e. The van der Waals surface area contributed by atoms with E-state index in [-0.39, 0.29) is 17.2 Å². The van der Waals surface area contributed by atoms with Crippen LogP contribution in [0.5, 0.6) is 0 Å². The third kappa shape index (κ3) is 3.53. The molecule has 4 aromatic rings. The summed E-state index contributed by atoms with van der Waals surface area (Å²) in [5, 5.41) is 5.70. The second-order valence-corrected chi connectivity index (χ2v) is 10.9. The van der Waals surface area contributed by atoms with Crippen LogP contribution in [0.25, 0.3) is 16.6 Å². The lowest BCUT2D eigenvalue weighted by Gasteiger charge is -2.30. The van der Waals surface area contributed by atoms with Gasteiger partial charge in [0, 0.05) is 48.9 Å². The van der Waals surface area contributed by atoms with Gasteiger partial charge >= 0.3 is 0 Å². The number of ether oxygens (including phenoxy) is 1. The Labute approximate surface area is 215 Å². The average Bonchev–Trinajstić information content (AvgIpc) is 3.19. The van der Waals surface area contributed by atoms with Crippen molar-refractivity contribution in [3.05, 3.63) is 95.4 Å². The molecule has 1 aromatic heterocycles. The van der Waals surface area contributed by atoms with E-state index in [1.807, 2.05) is 10.9 Å². The van der Waals surface area contributed by atoms with Gasteiger partial charge in [-0.2, -0.15) is 5.10 Å². The summed E-state index contributed by atoms with van der Waals surface area (Å²) in [6.07, 6.45) is 3.54. The lowest BCUT2D eigenvalue weighted by atomic mass is 9.86. The molecule has 0 bridgehead atoms. The Kier molecular flexibility index (Phi) is 5.22. The first-order valence-corrected chi connectivity index (χ1v) is 13.2. The molecule has 0 N–H and O–H groups in total. The second-order valence-electron chi connectivity index (χ2n) is 10.9. The Morgan fingerprint density at radius 2 is 1.81 bits per heavy atom. The number of piperidine rings is 1. The molecule has 3 fully saturated rings. The quantitative estimate of drug-likeness (QED) is 0.381. The SMILES string of the molecule is Cc1cc2c(cnn2-c2ccc(F)cc2)cc1[C@]12CN(C(=O)C3CCOCC3)C[C@H]1[C@@H]2c1ccccc1. The Hall–Kier alpha value is -3.51. The molecule has 0 unspecified atom stereocenters. The van der Waals surface area contributed by atoms with E-state index in [1.165, 1.54) is 28.8 Å². The molecule has 5 nitrogen and oxygen atoms in total. The summed E-state index contributed by atoms with van der Waals surface area (Å²) in [4.78, 5) is 15.6. The number of aryl methyl sites for hydroxylation is 1. The molecule has 0 spiro atoms. The molecule has 3 aliphatic rings. The van der Waals surface area contributed by atoms with Gasteiger partial charge < -0.3 is 9.64 Å². The predicted molar refractivity (Wildman–Crippen MR) is 140 cm³/mol. The van der Waals surface area contributed by atoms with E-state index in [0.29, 0.717) is 31.0 Å². The Morgan fingerprint density at radius 3 is 2.57 bits per heavy atom. The number of halogens is 1. The zero-order chi connectivity index (χ0) is 25.1. The van der Waals surface area contributed by atoms with Crippen molar-refractivity contribution in [1.82, 2.24) is 14.7 Å². The molecule has 3 aromatic carbocycles. The standard InChI is InChI=1S/C31H30FN3O2/c1-20-15-28-23(17-33-35(28)25-9-7-24(32)8-10-25)16-26(20)31-19-34(30(36)22-11-13-37-14-12-22)18-27(31)29(31)21-5-3-2-4-6-21/h2-10,15-17,22,27,29H,11-14,18-19H2,1H3/t27-,29-,31+/m0/s1. The number of hydrogen-bond donors (Lipinski definition) is 0. The molecular formula is C31H30FN3O2. The third-order valence-corrected chi connectivity index (χ3v) is 8.91. The van der Waals surface area contributed by atoms with Gasteiger partial charge in [0.05, 0.1) is 17.4 Å². The first-order valence-electron chi connectivity index (χ1n) is 13.2. The molecule has 2 aliphatic heterocycles. The molecule has 1 aliphatic carbocycles. The summed E-state index contributed by atoms with van der Waals surface area (Å²) in [5.74, 6) is 0.920. The van der Waals surface area contributed by atoms with Crippen LogP contribution in [0.2, 0.25) is 0 Å². The smallest absolute Gasteiger partial charge is 0.225 e. The molecule has 188 valence electrons. The van der Waals surface area contributed by atoms with Crippen molar-refractivity contribution in [3.63, 3.8) is 0 Å². The van der Waals surface area contributed by atoms with Crippen LogP contribution in [0, 0.1) is 24.6 Å². The maximum Gasteiger partial charge on any atom is 0.225 e. The lowest BCUT2D eigenvalue weighted by Crippen LogP contribution is -2.40. The van der Waals surface area contributed by atoms with Crippen molar-refractivity contribution >= 4 is 16.8 Å². The normalized spacial score (nSPS) is 25.4. The maximum atomic E-state index is 13.5. The van der Waals surface area contributed by atoms with Crippen molar-refractivity contribution in [1.29, 1.82) is 0 Å². The maximum absolute atomic E-state index is 13.5. The van der Waals surface area contributed by atoms with Crippen molar-refractivity contribution < 1.29 is 13.9 Å². The minimum atomic E-state index is -0.259. The summed E-state index contributed by atoms with van der Waals surface area (Å²) < 4.78 is 20.9. The fourth-order valence-electron chi connectivity index (χ4n) is 7.10. The molecule has 0 radical (unpaired) electrons. The second kappa shape index (κ2) is 8.52. The molecule has 6 heteroatoms. The minimum Gasteiger partial charge on any atom is -0.381 e. The molecule has 3 heterocycles. The van der Waals surface area contributed by atoms with Crippen LogP contribution in [0.15, 0.2) is 72.9 Å². The minimum absolute atomic E-state index is 0.0796. The highest BCUT2D eigenvalue weighted by Crippen LogP contribution is 2.70. The monoisotopic (exact) mass is 495 g/mol. The van der Waals surface area contributed by atoms with Crippen molar-refractivity contribution in [3.8, 4) is 5.69 Å². The summed E-state index contributed by atoms with van der Waals surface area (Å²) >= 11 is 0. The van der Waals surface area contributed by atoms with Crippen molar-refractivity contribution in [2.45, 2.75) is 31.1 Å². The molecule has 37 heavy (non-hydrogen) atoms. The van der Waals surface area contributed by atoms with E-state index in [9.17, 15) is 9.18 Å². The van der Waals surface area contributed by atoms with Gasteiger partial charge in [-0.15, -0.1) is 0 Å². The average molecular weight is 496 g/mol. The Balaban J connectivity index is 1.28. The Morgan fingerprint density at radius 1 is 1.05 bits per heavy atom. The molecule has 1 saturated carbocycles. The number of fused-ring (bicyclic) bond motifs is 2. The number of nitrogens with zero attached hydrogens (tertiary/aromatic N) is 3. The highest BCUT2D eigenvalue weighted by atomic mass is 19.1. The topological polar surface area (TPSA) is 47.4 Å². The fraction of sp³-hybridized carbons (Fsp3) is 0.355. The number of amides is 1. The Bertz CT molecular complexity index is 1480. The van der Waals surface area contributed by atoms with E-state index in [0.717, 1.165) is 42.5 Å². The third-order valence-electron chi connectivity index (χ3n) is 8.91. The van der Waals surface area contributed by atoms with Gasteiger partial charge in [-0.05, 0) is 78.8 Å². The number of rotatable bonds is 4. The number of benzene rings is 3. The van der Waals surface area contributed by atoms with E-state index >= 15 is 0 Å². The van der Waals surface area contributed by atoms with E-state index < -0.39 is 0 Å². The van der Waals surface area contributed by atoms with Crippen molar-refractivity contribution in [2.75, 3.05) is 26.3 Å². The van der Waals surface area contributed by atoms with Crippen LogP contribution in [0.4, 0.5) is 4.39 Å². The van der Waals surface area contributed by atoms with Crippen LogP contribution in [-0.2, 0) is 14.9 Å². The fourth-order valence-corrected chi connectivity index (χ4v) is 7.10. The number of likely N-dealkylation sites (tertiary alicyclic amines) is 1. The van der Waals surface area contributed by atoms with Crippen LogP contribution in [0.1, 0.15) is 35.4 Å². The van der Waals surface area contributed by atoms with Gasteiger partial charge in [-0.3, -0.25) is 4.79 Å². The lowest BCUT2D eigenvalue weighted by molar-refractivity contribution is -0.138. The van der Waals surface area contributed by atoms with E-state index in [1.54, 1.807) is 12.1 Å². The number of carbonyl (C=O) groups excluding carboxylic acids is 1. The number of hydrogen-bond acceptors (Lipinski definition) is 3. The van der Waals surface area contributed by atoms with Crippen molar-refractivity contribution in [2.24, 2.45) is 11.8 Å². The summed E-state index contributed by atoms with van der Waals surface area (Å²) in [5.41, 5.74) is 5.64. The van der Waals surface area contributed by atoms with Crippen LogP contribution < -0.4 is 0 Å². The van der Waals surface area contributed by atoms with Crippen LogP contribution in [-0.4, -0.2) is 46.9 Å². The zero-order valence-corrected chi connectivity index (χ0v) is 20.9. The highest BCUT2D eigenvalue weighted by molar-refractivity contribution is 5.84. The first kappa shape index (κ1) is 22.7. The summed E-state index contributed by atoms with van der Waals surface area (Å²) in [7, 11) is 0. The highest BCUT2D eigenvalue weighted by Gasteiger charge is 2.71. The molecule has 1 amide bonds. The van der Waals surface area contributed by atoms with Gasteiger partial charge in [0.2, 0.25) is 5.91 Å². The van der Waals surface area contributed by atoms with Gasteiger partial charge in [0.25, 0.3) is 0 Å². The number of aromatic nitrogens is 2. The molecule has 2 saturated heterocycles. The molecule has 3 atom stereocenters. The zero-order valence-electron chi connectivity index (χ0n) is 20.9.